The maximum atomic E-state index is 4.42. The van der Waals surface area contributed by atoms with Crippen LogP contribution >= 0.6 is 0 Å². The van der Waals surface area contributed by atoms with E-state index in [0.29, 0.717) is 0 Å². The van der Waals surface area contributed by atoms with Crippen LogP contribution in [0.25, 0.3) is 16.6 Å². The topological polar surface area (TPSA) is 17.8 Å². The minimum atomic E-state index is 1.04. The van der Waals surface area contributed by atoms with Crippen LogP contribution in [-0.2, 0) is 0 Å². The van der Waals surface area contributed by atoms with Crippen LogP contribution in [0.1, 0.15) is 0 Å². The van der Waals surface area contributed by atoms with E-state index in [1.54, 1.807) is 0 Å². The molecule has 0 saturated heterocycles. The zero-order chi connectivity index (χ0) is 10.1. The molecule has 3 aromatic rings. The maximum absolute atomic E-state index is 4.42. The van der Waals surface area contributed by atoms with Gasteiger partial charge in [-0.15, -0.1) is 0 Å². The summed E-state index contributed by atoms with van der Waals surface area (Å²) in [4.78, 5) is 4.42. The Morgan fingerprint density at radius 1 is 0.867 bits per heavy atom. The number of pyridine rings is 1. The zero-order valence-corrected chi connectivity index (χ0v) is 8.17. The Kier molecular flexibility index (Phi) is 1.78. The second-order valence-corrected chi connectivity index (χ2v) is 3.44. The lowest BCUT2D eigenvalue weighted by atomic mass is 10.2. The van der Waals surface area contributed by atoms with E-state index in [4.69, 9.17) is 0 Å². The quantitative estimate of drug-likeness (QED) is 0.582. The van der Waals surface area contributed by atoms with Gasteiger partial charge >= 0.3 is 0 Å². The van der Waals surface area contributed by atoms with Crippen molar-refractivity contribution >= 4 is 10.9 Å². The van der Waals surface area contributed by atoms with Crippen LogP contribution in [0, 0.1) is 0 Å². The molecule has 0 atom stereocenters. The molecule has 2 aromatic heterocycles. The van der Waals surface area contributed by atoms with E-state index in [1.807, 2.05) is 36.8 Å². The van der Waals surface area contributed by atoms with Crippen molar-refractivity contribution < 1.29 is 0 Å². The molecule has 2 nitrogen and oxygen atoms in total. The van der Waals surface area contributed by atoms with E-state index in [0.717, 1.165) is 11.2 Å². The van der Waals surface area contributed by atoms with E-state index in [1.165, 1.54) is 5.39 Å². The summed E-state index contributed by atoms with van der Waals surface area (Å²) in [6.45, 7) is 0. The second-order valence-electron chi connectivity index (χ2n) is 3.44. The summed E-state index contributed by atoms with van der Waals surface area (Å²) >= 11 is 0. The third kappa shape index (κ3) is 1.31. The number of fused-ring (bicyclic) bond motifs is 1. The Morgan fingerprint density at radius 3 is 2.53 bits per heavy atom. The van der Waals surface area contributed by atoms with Gasteiger partial charge in [0.05, 0.1) is 11.2 Å². The summed E-state index contributed by atoms with van der Waals surface area (Å²) in [5.41, 5.74) is 2.16. The smallest absolute Gasteiger partial charge is 0.0941 e. The lowest BCUT2D eigenvalue weighted by Gasteiger charge is -2.05. The second kappa shape index (κ2) is 3.24. The molecule has 2 heteroatoms. The Labute approximate surface area is 87.8 Å². The fourth-order valence-corrected chi connectivity index (χ4v) is 1.79. The number of hydrogen-bond acceptors (Lipinski definition) is 1. The molecule has 3 rings (SSSR count). The van der Waals surface area contributed by atoms with Gasteiger partial charge in [0.2, 0.25) is 0 Å². The largest absolute Gasteiger partial charge is 0.322 e. The van der Waals surface area contributed by atoms with Crippen molar-refractivity contribution in [3.63, 3.8) is 0 Å². The standard InChI is InChI=1S/C13H10N2/c1-2-10-15(9-1)12-7-3-5-11-6-4-8-14-13(11)12/h1-10H. The molecule has 1 aromatic carbocycles. The van der Waals surface area contributed by atoms with Crippen molar-refractivity contribution in [3.8, 4) is 5.69 Å². The van der Waals surface area contributed by atoms with E-state index in [9.17, 15) is 0 Å². The summed E-state index contributed by atoms with van der Waals surface area (Å²) < 4.78 is 2.08. The molecule has 0 aliphatic carbocycles. The SMILES string of the molecule is c1cnc2c(-n3cccc3)cccc2c1. The molecule has 0 radical (unpaired) electrons. The highest BCUT2D eigenvalue weighted by molar-refractivity contribution is 5.86. The highest BCUT2D eigenvalue weighted by Gasteiger charge is 2.01. The van der Waals surface area contributed by atoms with Crippen molar-refractivity contribution in [2.75, 3.05) is 0 Å². The zero-order valence-electron chi connectivity index (χ0n) is 8.17. The van der Waals surface area contributed by atoms with Crippen molar-refractivity contribution in [3.05, 3.63) is 61.1 Å². The lowest BCUT2D eigenvalue weighted by Crippen LogP contribution is -1.92. The first-order chi connectivity index (χ1) is 7.45. The van der Waals surface area contributed by atoms with Gasteiger partial charge in [0, 0.05) is 24.0 Å². The van der Waals surface area contributed by atoms with Crippen LogP contribution in [0.2, 0.25) is 0 Å². The minimum absolute atomic E-state index is 1.04. The summed E-state index contributed by atoms with van der Waals surface area (Å²) in [6.07, 6.45) is 5.89. The van der Waals surface area contributed by atoms with E-state index < -0.39 is 0 Å². The average molecular weight is 194 g/mol. The van der Waals surface area contributed by atoms with Crippen LogP contribution in [0.4, 0.5) is 0 Å². The number of aromatic nitrogens is 2. The lowest BCUT2D eigenvalue weighted by molar-refractivity contribution is 1.09. The minimum Gasteiger partial charge on any atom is -0.322 e. The molecule has 0 amide bonds. The Hall–Kier alpha value is -2.09. The fourth-order valence-electron chi connectivity index (χ4n) is 1.79. The first kappa shape index (κ1) is 8.24. The molecule has 0 bridgehead atoms. The van der Waals surface area contributed by atoms with Gasteiger partial charge < -0.3 is 4.57 Å². The van der Waals surface area contributed by atoms with Crippen molar-refractivity contribution in [2.45, 2.75) is 0 Å². The molecule has 15 heavy (non-hydrogen) atoms. The molecular weight excluding hydrogens is 184 g/mol. The Bertz CT molecular complexity index is 577. The predicted octanol–water partition coefficient (Wildman–Crippen LogP) is 3.03. The summed E-state index contributed by atoms with van der Waals surface area (Å²) in [5.74, 6) is 0. The predicted molar refractivity (Wildman–Crippen MR) is 61.1 cm³/mol. The van der Waals surface area contributed by atoms with Gasteiger partial charge in [0.15, 0.2) is 0 Å². The highest BCUT2D eigenvalue weighted by atomic mass is 15.0. The molecule has 0 aliphatic heterocycles. The van der Waals surface area contributed by atoms with Gasteiger partial charge in [-0.2, -0.15) is 0 Å². The normalized spacial score (nSPS) is 10.7. The van der Waals surface area contributed by atoms with Gasteiger partial charge in [0.1, 0.15) is 0 Å². The molecular formula is C13H10N2. The summed E-state index contributed by atoms with van der Waals surface area (Å²) in [7, 11) is 0. The maximum Gasteiger partial charge on any atom is 0.0941 e. The van der Waals surface area contributed by atoms with Gasteiger partial charge in [-0.3, -0.25) is 4.98 Å². The monoisotopic (exact) mass is 194 g/mol. The van der Waals surface area contributed by atoms with Crippen LogP contribution in [0.3, 0.4) is 0 Å². The Balaban J connectivity index is 2.36. The van der Waals surface area contributed by atoms with Gasteiger partial charge in [0.25, 0.3) is 0 Å². The molecule has 72 valence electrons. The first-order valence-electron chi connectivity index (χ1n) is 4.92. The Morgan fingerprint density at radius 2 is 1.67 bits per heavy atom. The van der Waals surface area contributed by atoms with E-state index in [2.05, 4.69) is 33.8 Å². The molecule has 0 fully saturated rings. The molecule has 0 spiro atoms. The van der Waals surface area contributed by atoms with E-state index >= 15 is 0 Å². The first-order valence-corrected chi connectivity index (χ1v) is 4.92. The van der Waals surface area contributed by atoms with Crippen molar-refractivity contribution in [1.29, 1.82) is 0 Å². The molecule has 0 saturated carbocycles. The number of para-hydroxylation sites is 1. The van der Waals surface area contributed by atoms with Gasteiger partial charge in [-0.25, -0.2) is 0 Å². The summed E-state index contributed by atoms with van der Waals surface area (Å²) in [6, 6.07) is 14.3. The fraction of sp³-hybridized carbons (Fsp3) is 0. The van der Waals surface area contributed by atoms with Crippen LogP contribution in [0.15, 0.2) is 61.1 Å². The third-order valence-corrected chi connectivity index (χ3v) is 2.49. The molecule has 0 aliphatic rings. The molecule has 0 N–H and O–H groups in total. The van der Waals surface area contributed by atoms with Crippen LogP contribution in [-0.4, -0.2) is 9.55 Å². The number of nitrogens with zero attached hydrogens (tertiary/aromatic N) is 2. The van der Waals surface area contributed by atoms with Gasteiger partial charge in [-0.05, 0) is 24.3 Å². The number of rotatable bonds is 1. The molecule has 2 heterocycles. The van der Waals surface area contributed by atoms with Crippen molar-refractivity contribution in [2.24, 2.45) is 0 Å². The highest BCUT2D eigenvalue weighted by Crippen LogP contribution is 2.19. The van der Waals surface area contributed by atoms with Crippen LogP contribution < -0.4 is 0 Å². The molecule has 0 unspecified atom stereocenters. The van der Waals surface area contributed by atoms with Crippen LogP contribution in [0.5, 0.6) is 0 Å². The summed E-state index contributed by atoms with van der Waals surface area (Å²) in [5, 5.41) is 1.17. The van der Waals surface area contributed by atoms with E-state index in [-0.39, 0.29) is 0 Å². The number of benzene rings is 1. The third-order valence-electron chi connectivity index (χ3n) is 2.49. The average Bonchev–Trinajstić information content (AvgIpc) is 2.82. The van der Waals surface area contributed by atoms with Crippen molar-refractivity contribution in [1.82, 2.24) is 9.55 Å². The number of hydrogen-bond donors (Lipinski definition) is 0. The van der Waals surface area contributed by atoms with Gasteiger partial charge in [-0.1, -0.05) is 18.2 Å².